The monoisotopic (exact) mass is 238 g/mol. The molecule has 0 unspecified atom stereocenters. The fourth-order valence-corrected chi connectivity index (χ4v) is 2.99. The van der Waals surface area contributed by atoms with Crippen LogP contribution < -0.4 is 0 Å². The molecule has 5 nitrogen and oxygen atoms in total. The molecular formula is C12H14O5. The number of carbonyl (C=O) groups is 3. The van der Waals surface area contributed by atoms with Gasteiger partial charge in [0.1, 0.15) is 12.2 Å². The van der Waals surface area contributed by atoms with Crippen molar-refractivity contribution >= 4 is 17.5 Å². The van der Waals surface area contributed by atoms with Crippen LogP contribution in [0.2, 0.25) is 0 Å². The maximum absolute atomic E-state index is 11.9. The molecule has 4 atom stereocenters. The average Bonchev–Trinajstić information content (AvgIpc) is 2.86. The Morgan fingerprint density at radius 2 is 1.59 bits per heavy atom. The van der Waals surface area contributed by atoms with Gasteiger partial charge in [-0.15, -0.1) is 0 Å². The second kappa shape index (κ2) is 3.91. The Bertz CT molecular complexity index is 388. The third-order valence-electron chi connectivity index (χ3n) is 3.89. The standard InChI is InChI=1S/C12H14O5/c13-7-3-1-2-4-8(14)11-9-6(10(7)17-11)5-16-12(9)15/h6,9-11H,1-5H2/t6-,9+,10-,11-/m0/s1. The van der Waals surface area contributed by atoms with Crippen molar-refractivity contribution in [3.8, 4) is 0 Å². The van der Waals surface area contributed by atoms with Crippen molar-refractivity contribution in [3.63, 3.8) is 0 Å². The SMILES string of the molecule is O=C1OC[C@H]2[C@@H]1[C@H]1O[C@@H]2C(=O)CCCCC1=O. The van der Waals surface area contributed by atoms with Crippen LogP contribution in [0.4, 0.5) is 0 Å². The summed E-state index contributed by atoms with van der Waals surface area (Å²) in [6.45, 7) is 0.212. The number of hydrogen-bond donors (Lipinski definition) is 0. The molecule has 0 aromatic carbocycles. The first-order chi connectivity index (χ1) is 8.18. The van der Waals surface area contributed by atoms with E-state index in [2.05, 4.69) is 0 Å². The Labute approximate surface area is 98.4 Å². The fourth-order valence-electron chi connectivity index (χ4n) is 2.99. The summed E-state index contributed by atoms with van der Waals surface area (Å²) in [5.74, 6) is -1.23. The molecule has 0 aromatic rings. The Balaban J connectivity index is 1.94. The third kappa shape index (κ3) is 1.60. The van der Waals surface area contributed by atoms with E-state index in [-0.39, 0.29) is 30.1 Å². The number of ketones is 2. The van der Waals surface area contributed by atoms with Crippen molar-refractivity contribution in [2.45, 2.75) is 37.9 Å². The maximum Gasteiger partial charge on any atom is 0.312 e. The van der Waals surface area contributed by atoms with Crippen LogP contribution in [0.5, 0.6) is 0 Å². The van der Waals surface area contributed by atoms with Crippen LogP contribution in [0.25, 0.3) is 0 Å². The zero-order chi connectivity index (χ0) is 12.0. The molecule has 0 N–H and O–H groups in total. The van der Waals surface area contributed by atoms with E-state index in [0.29, 0.717) is 19.3 Å². The fraction of sp³-hybridized carbons (Fsp3) is 0.750. The highest BCUT2D eigenvalue weighted by molar-refractivity contribution is 5.94. The maximum atomic E-state index is 11.9. The first kappa shape index (κ1) is 10.9. The van der Waals surface area contributed by atoms with Gasteiger partial charge in [0.2, 0.25) is 0 Å². The van der Waals surface area contributed by atoms with Gasteiger partial charge in [0.25, 0.3) is 0 Å². The minimum atomic E-state index is -0.748. The number of rotatable bonds is 0. The van der Waals surface area contributed by atoms with Gasteiger partial charge in [-0.25, -0.2) is 0 Å². The molecule has 3 heterocycles. The third-order valence-corrected chi connectivity index (χ3v) is 3.89. The predicted octanol–water partition coefficient (Wildman–Crippen LogP) is 0.255. The summed E-state index contributed by atoms with van der Waals surface area (Å²) in [6, 6.07) is 0. The summed E-state index contributed by atoms with van der Waals surface area (Å²) < 4.78 is 10.5. The summed E-state index contributed by atoms with van der Waals surface area (Å²) >= 11 is 0. The number of cyclic esters (lactones) is 1. The largest absolute Gasteiger partial charge is 0.465 e. The first-order valence-electron chi connectivity index (χ1n) is 6.06. The number of ether oxygens (including phenoxy) is 2. The lowest BCUT2D eigenvalue weighted by Crippen LogP contribution is -2.31. The van der Waals surface area contributed by atoms with Crippen molar-refractivity contribution in [2.24, 2.45) is 11.8 Å². The van der Waals surface area contributed by atoms with Crippen molar-refractivity contribution in [3.05, 3.63) is 0 Å². The van der Waals surface area contributed by atoms with Crippen LogP contribution in [0.3, 0.4) is 0 Å². The molecule has 3 saturated heterocycles. The molecule has 5 heteroatoms. The highest BCUT2D eigenvalue weighted by Gasteiger charge is 2.57. The van der Waals surface area contributed by atoms with Crippen LogP contribution >= 0.6 is 0 Å². The normalized spacial score (nSPS) is 41.5. The molecule has 3 rings (SSSR count). The molecule has 0 aromatic heterocycles. The lowest BCUT2D eigenvalue weighted by Gasteiger charge is -2.13. The zero-order valence-electron chi connectivity index (χ0n) is 9.39. The van der Waals surface area contributed by atoms with Crippen molar-refractivity contribution in [1.82, 2.24) is 0 Å². The molecule has 92 valence electrons. The quantitative estimate of drug-likeness (QED) is 0.566. The van der Waals surface area contributed by atoms with Crippen LogP contribution in [0.15, 0.2) is 0 Å². The molecule has 2 bridgehead atoms. The first-order valence-corrected chi connectivity index (χ1v) is 6.06. The second-order valence-corrected chi connectivity index (χ2v) is 4.94. The van der Waals surface area contributed by atoms with Gasteiger partial charge in [0.15, 0.2) is 11.6 Å². The van der Waals surface area contributed by atoms with Gasteiger partial charge in [-0.1, -0.05) is 0 Å². The average molecular weight is 238 g/mol. The van der Waals surface area contributed by atoms with E-state index in [1.165, 1.54) is 0 Å². The summed E-state index contributed by atoms with van der Waals surface area (Å²) in [5, 5.41) is 0. The Morgan fingerprint density at radius 1 is 0.941 bits per heavy atom. The van der Waals surface area contributed by atoms with Crippen molar-refractivity contribution in [1.29, 1.82) is 0 Å². The van der Waals surface area contributed by atoms with Crippen LogP contribution in [0, 0.1) is 11.8 Å². The van der Waals surface area contributed by atoms with Gasteiger partial charge in [-0.3, -0.25) is 14.4 Å². The topological polar surface area (TPSA) is 69.7 Å². The number of hydrogen-bond acceptors (Lipinski definition) is 5. The molecule has 3 aliphatic rings. The smallest absolute Gasteiger partial charge is 0.312 e. The molecule has 17 heavy (non-hydrogen) atoms. The highest BCUT2D eigenvalue weighted by Crippen LogP contribution is 2.40. The predicted molar refractivity (Wildman–Crippen MR) is 55.1 cm³/mol. The van der Waals surface area contributed by atoms with Crippen molar-refractivity contribution < 1.29 is 23.9 Å². The van der Waals surface area contributed by atoms with Gasteiger partial charge < -0.3 is 9.47 Å². The minimum Gasteiger partial charge on any atom is -0.465 e. The van der Waals surface area contributed by atoms with Gasteiger partial charge in [-0.2, -0.15) is 0 Å². The molecule has 3 aliphatic heterocycles. The van der Waals surface area contributed by atoms with E-state index < -0.39 is 18.1 Å². The Kier molecular flexibility index (Phi) is 2.50. The van der Waals surface area contributed by atoms with Crippen LogP contribution in [0.1, 0.15) is 25.7 Å². The van der Waals surface area contributed by atoms with Gasteiger partial charge in [-0.05, 0) is 12.8 Å². The Hall–Kier alpha value is -1.23. The summed E-state index contributed by atoms with van der Waals surface area (Å²) in [7, 11) is 0. The van der Waals surface area contributed by atoms with E-state index in [4.69, 9.17) is 9.47 Å². The van der Waals surface area contributed by atoms with Crippen LogP contribution in [-0.4, -0.2) is 36.4 Å². The second-order valence-electron chi connectivity index (χ2n) is 4.94. The summed E-state index contributed by atoms with van der Waals surface area (Å²) in [5.41, 5.74) is 0. The lowest BCUT2D eigenvalue weighted by molar-refractivity contribution is -0.151. The van der Waals surface area contributed by atoms with E-state index in [1.54, 1.807) is 0 Å². The minimum absolute atomic E-state index is 0.00972. The zero-order valence-corrected chi connectivity index (χ0v) is 9.39. The van der Waals surface area contributed by atoms with Crippen LogP contribution in [-0.2, 0) is 23.9 Å². The van der Waals surface area contributed by atoms with Crippen molar-refractivity contribution in [2.75, 3.05) is 6.61 Å². The molecule has 0 amide bonds. The highest BCUT2D eigenvalue weighted by atomic mass is 16.6. The molecule has 0 aliphatic carbocycles. The van der Waals surface area contributed by atoms with Gasteiger partial charge in [0.05, 0.1) is 12.5 Å². The van der Waals surface area contributed by atoms with E-state index in [9.17, 15) is 14.4 Å². The van der Waals surface area contributed by atoms with E-state index in [0.717, 1.165) is 6.42 Å². The lowest BCUT2D eigenvalue weighted by atomic mass is 9.84. The van der Waals surface area contributed by atoms with Gasteiger partial charge >= 0.3 is 5.97 Å². The summed E-state index contributed by atoms with van der Waals surface area (Å²) in [4.78, 5) is 35.5. The number of Topliss-reactive ketones (excluding diaryl/α,β-unsaturated/α-hetero) is 2. The molecule has 0 saturated carbocycles. The molecular weight excluding hydrogens is 224 g/mol. The Morgan fingerprint density at radius 3 is 2.29 bits per heavy atom. The van der Waals surface area contributed by atoms with E-state index in [1.807, 2.05) is 0 Å². The molecule has 3 fully saturated rings. The number of esters is 1. The number of fused-ring (bicyclic) bond motifs is 5. The van der Waals surface area contributed by atoms with Gasteiger partial charge in [0, 0.05) is 18.8 Å². The molecule has 0 radical (unpaired) electrons. The number of carbonyl (C=O) groups excluding carboxylic acids is 3. The molecule has 0 spiro atoms. The van der Waals surface area contributed by atoms with E-state index >= 15 is 0 Å². The summed E-state index contributed by atoms with van der Waals surface area (Å²) in [6.07, 6.45) is 0.886.